The van der Waals surface area contributed by atoms with Gasteiger partial charge in [0.15, 0.2) is 0 Å². The molecule has 6 nitrogen and oxygen atoms in total. The van der Waals surface area contributed by atoms with E-state index in [0.29, 0.717) is 25.9 Å². The van der Waals surface area contributed by atoms with Crippen LogP contribution in [0.2, 0.25) is 0 Å². The summed E-state index contributed by atoms with van der Waals surface area (Å²) in [5.74, 6) is -0.0159. The standard InChI is InChI=1S/C80H155NO5/c1-3-5-7-9-11-13-15-16-17-18-19-20-34-37-40-43-46-49-53-56-60-64-68-72-78(83)77(76-82)81-79(84)73-69-65-61-57-54-50-47-44-41-38-35-32-30-28-26-24-22-21-23-25-27-29-31-33-36-39-42-45-48-51-55-59-63-67-71-75-86-80(85)74-70-66-62-58-52-14-12-10-8-6-4-2/h10,12,23,25,77-78,82-83H,3-9,11,13-22,24,26-76H2,1-2H3,(H,81,84)/b12-10-,25-23-. The normalized spacial score (nSPS) is 12.6. The van der Waals surface area contributed by atoms with Crippen LogP contribution in [0.4, 0.5) is 0 Å². The van der Waals surface area contributed by atoms with E-state index in [1.807, 2.05) is 0 Å². The molecule has 0 bridgehead atoms. The maximum absolute atomic E-state index is 12.6. The van der Waals surface area contributed by atoms with Crippen molar-refractivity contribution in [1.29, 1.82) is 0 Å². The number of hydrogen-bond acceptors (Lipinski definition) is 5. The molecule has 510 valence electrons. The summed E-state index contributed by atoms with van der Waals surface area (Å²) >= 11 is 0. The molecule has 86 heavy (non-hydrogen) atoms. The summed E-state index contributed by atoms with van der Waals surface area (Å²) in [6, 6.07) is -0.540. The molecule has 0 fully saturated rings. The molecule has 0 radical (unpaired) electrons. The summed E-state index contributed by atoms with van der Waals surface area (Å²) in [5, 5.41) is 23.5. The van der Waals surface area contributed by atoms with Crippen molar-refractivity contribution in [3.63, 3.8) is 0 Å². The van der Waals surface area contributed by atoms with E-state index in [0.717, 1.165) is 44.9 Å². The molecule has 0 aliphatic heterocycles. The topological polar surface area (TPSA) is 95.9 Å². The monoisotopic (exact) mass is 1210 g/mol. The van der Waals surface area contributed by atoms with E-state index in [9.17, 15) is 19.8 Å². The molecular formula is C80H155NO5. The second kappa shape index (κ2) is 75.8. The van der Waals surface area contributed by atoms with Crippen LogP contribution in [-0.2, 0) is 14.3 Å². The Hall–Kier alpha value is -1.66. The van der Waals surface area contributed by atoms with Crippen molar-refractivity contribution in [2.24, 2.45) is 0 Å². The maximum atomic E-state index is 12.6. The molecule has 2 atom stereocenters. The summed E-state index contributed by atoms with van der Waals surface area (Å²) in [7, 11) is 0. The fraction of sp³-hybridized carbons (Fsp3) is 0.925. The summed E-state index contributed by atoms with van der Waals surface area (Å²) in [4.78, 5) is 24.6. The number of unbranched alkanes of at least 4 members (excludes halogenated alkanes) is 60. The minimum absolute atomic E-state index is 0.00985. The Morgan fingerprint density at radius 3 is 0.860 bits per heavy atom. The van der Waals surface area contributed by atoms with E-state index in [1.54, 1.807) is 0 Å². The maximum Gasteiger partial charge on any atom is 0.305 e. The third kappa shape index (κ3) is 71.4. The highest BCUT2D eigenvalue weighted by Gasteiger charge is 2.20. The fourth-order valence-corrected chi connectivity index (χ4v) is 12.7. The van der Waals surface area contributed by atoms with Gasteiger partial charge in [0, 0.05) is 12.8 Å². The van der Waals surface area contributed by atoms with Gasteiger partial charge in [-0.1, -0.05) is 391 Å². The first-order valence-corrected chi connectivity index (χ1v) is 39.6. The van der Waals surface area contributed by atoms with Gasteiger partial charge in [-0.25, -0.2) is 0 Å². The number of esters is 1. The van der Waals surface area contributed by atoms with Crippen molar-refractivity contribution in [3.8, 4) is 0 Å². The number of carbonyl (C=O) groups is 2. The Balaban J connectivity index is 3.35. The third-order valence-electron chi connectivity index (χ3n) is 18.7. The van der Waals surface area contributed by atoms with E-state index < -0.39 is 12.1 Å². The Morgan fingerprint density at radius 1 is 0.314 bits per heavy atom. The average Bonchev–Trinajstić information content (AvgIpc) is 3.61. The Morgan fingerprint density at radius 2 is 0.558 bits per heavy atom. The lowest BCUT2D eigenvalue weighted by Crippen LogP contribution is -2.45. The molecule has 0 spiro atoms. The average molecular weight is 1210 g/mol. The second-order valence-electron chi connectivity index (χ2n) is 27.4. The molecule has 0 saturated heterocycles. The zero-order chi connectivity index (χ0) is 62.0. The van der Waals surface area contributed by atoms with Crippen LogP contribution in [0, 0.1) is 0 Å². The highest BCUT2D eigenvalue weighted by atomic mass is 16.5. The predicted octanol–water partition coefficient (Wildman–Crippen LogP) is 26.0. The van der Waals surface area contributed by atoms with Gasteiger partial charge in [0.1, 0.15) is 0 Å². The number of carbonyl (C=O) groups excluding carboxylic acids is 2. The molecule has 1 amide bonds. The minimum Gasteiger partial charge on any atom is -0.466 e. The van der Waals surface area contributed by atoms with Gasteiger partial charge in [-0.05, 0) is 70.6 Å². The first-order valence-electron chi connectivity index (χ1n) is 39.6. The molecule has 0 aromatic heterocycles. The summed E-state index contributed by atoms with van der Waals surface area (Å²) in [6.07, 6.45) is 97.1. The fourth-order valence-electron chi connectivity index (χ4n) is 12.7. The van der Waals surface area contributed by atoms with Crippen LogP contribution in [0.3, 0.4) is 0 Å². The second-order valence-corrected chi connectivity index (χ2v) is 27.4. The molecule has 0 rings (SSSR count). The summed E-state index contributed by atoms with van der Waals surface area (Å²) < 4.78 is 5.47. The molecule has 3 N–H and O–H groups in total. The molecular weight excluding hydrogens is 1050 g/mol. The lowest BCUT2D eigenvalue weighted by atomic mass is 10.0. The molecule has 0 aliphatic rings. The van der Waals surface area contributed by atoms with Crippen molar-refractivity contribution in [2.45, 2.75) is 463 Å². The zero-order valence-electron chi connectivity index (χ0n) is 58.6. The van der Waals surface area contributed by atoms with E-state index >= 15 is 0 Å². The Kier molecular flexibility index (Phi) is 74.3. The Bertz CT molecular complexity index is 1350. The smallest absolute Gasteiger partial charge is 0.305 e. The van der Waals surface area contributed by atoms with Gasteiger partial charge in [0.25, 0.3) is 0 Å². The number of amides is 1. The van der Waals surface area contributed by atoms with Crippen molar-refractivity contribution >= 4 is 11.9 Å². The van der Waals surface area contributed by atoms with Crippen LogP contribution in [0.1, 0.15) is 450 Å². The van der Waals surface area contributed by atoms with Crippen LogP contribution in [0.15, 0.2) is 24.3 Å². The van der Waals surface area contributed by atoms with E-state index in [-0.39, 0.29) is 18.5 Å². The number of ether oxygens (including phenoxy) is 1. The third-order valence-corrected chi connectivity index (χ3v) is 18.7. The van der Waals surface area contributed by atoms with Crippen molar-refractivity contribution in [1.82, 2.24) is 5.32 Å². The number of allylic oxidation sites excluding steroid dienone is 4. The van der Waals surface area contributed by atoms with Gasteiger partial charge in [0.05, 0.1) is 25.4 Å². The zero-order valence-corrected chi connectivity index (χ0v) is 58.6. The lowest BCUT2D eigenvalue weighted by Gasteiger charge is -2.22. The van der Waals surface area contributed by atoms with Crippen LogP contribution >= 0.6 is 0 Å². The van der Waals surface area contributed by atoms with Crippen molar-refractivity contribution < 1.29 is 24.5 Å². The number of nitrogens with one attached hydrogen (secondary N) is 1. The van der Waals surface area contributed by atoms with Gasteiger partial charge in [-0.15, -0.1) is 0 Å². The summed E-state index contributed by atoms with van der Waals surface area (Å²) in [5.41, 5.74) is 0. The van der Waals surface area contributed by atoms with E-state index in [4.69, 9.17) is 4.74 Å². The molecule has 0 heterocycles. The van der Waals surface area contributed by atoms with Crippen molar-refractivity contribution in [3.05, 3.63) is 24.3 Å². The molecule has 0 aromatic carbocycles. The number of aliphatic hydroxyl groups excluding tert-OH is 2. The van der Waals surface area contributed by atoms with Crippen LogP contribution in [0.25, 0.3) is 0 Å². The van der Waals surface area contributed by atoms with Crippen molar-refractivity contribution in [2.75, 3.05) is 13.2 Å². The van der Waals surface area contributed by atoms with Gasteiger partial charge < -0.3 is 20.3 Å². The molecule has 0 aliphatic carbocycles. The highest BCUT2D eigenvalue weighted by Crippen LogP contribution is 2.20. The molecule has 6 heteroatoms. The van der Waals surface area contributed by atoms with Gasteiger partial charge >= 0.3 is 5.97 Å². The SMILES string of the molecule is CCCC/C=C\CCCCCCCC(=O)OCCCCCCCCCCCCCCCC/C=C\CCCCCCCCCCCCCCCCCCCC(=O)NC(CO)C(O)CCCCCCCCCCCCCCCCCCCCCCCCC. The number of aliphatic hydroxyl groups is 2. The number of hydrogen-bond donors (Lipinski definition) is 3. The van der Waals surface area contributed by atoms with Gasteiger partial charge in [-0.2, -0.15) is 0 Å². The number of rotatable bonds is 75. The predicted molar refractivity (Wildman–Crippen MR) is 380 cm³/mol. The highest BCUT2D eigenvalue weighted by molar-refractivity contribution is 5.76. The first-order chi connectivity index (χ1) is 42.5. The quantitative estimate of drug-likeness (QED) is 0.0320. The molecule has 2 unspecified atom stereocenters. The van der Waals surface area contributed by atoms with Gasteiger partial charge in [-0.3, -0.25) is 9.59 Å². The Labute approximate surface area is 539 Å². The molecule has 0 aromatic rings. The largest absolute Gasteiger partial charge is 0.466 e. The van der Waals surface area contributed by atoms with Gasteiger partial charge in [0.2, 0.25) is 5.91 Å². The van der Waals surface area contributed by atoms with Crippen LogP contribution < -0.4 is 5.32 Å². The summed E-state index contributed by atoms with van der Waals surface area (Å²) in [6.45, 7) is 4.96. The first kappa shape index (κ1) is 84.3. The minimum atomic E-state index is -0.663. The van der Waals surface area contributed by atoms with Crippen LogP contribution in [0.5, 0.6) is 0 Å². The molecule has 0 saturated carbocycles. The van der Waals surface area contributed by atoms with E-state index in [2.05, 4.69) is 43.5 Å². The van der Waals surface area contributed by atoms with Crippen LogP contribution in [-0.4, -0.2) is 47.4 Å². The lowest BCUT2D eigenvalue weighted by molar-refractivity contribution is -0.143. The van der Waals surface area contributed by atoms with E-state index in [1.165, 1.54) is 372 Å².